The van der Waals surface area contributed by atoms with Crippen molar-refractivity contribution in [1.82, 2.24) is 9.97 Å². The number of benzene rings is 1. The summed E-state index contributed by atoms with van der Waals surface area (Å²) in [6.45, 7) is 5.56. The third kappa shape index (κ3) is 1.73. The maximum Gasteiger partial charge on any atom is 0.163 e. The minimum Gasteiger partial charge on any atom is -0.486 e. The predicted molar refractivity (Wildman–Crippen MR) is 65.8 cm³/mol. The van der Waals surface area contributed by atoms with Gasteiger partial charge in [-0.2, -0.15) is 0 Å². The molecule has 0 aliphatic carbocycles. The zero-order valence-electron chi connectivity index (χ0n) is 10.1. The summed E-state index contributed by atoms with van der Waals surface area (Å²) in [6.07, 6.45) is 1.08. The average Bonchev–Trinajstić information content (AvgIpc) is 2.77. The number of rotatable bonds is 2. The van der Waals surface area contributed by atoms with Gasteiger partial charge in [0.05, 0.1) is 11.0 Å². The summed E-state index contributed by atoms with van der Waals surface area (Å²) < 4.78 is 11.1. The number of aromatic nitrogens is 2. The predicted octanol–water partition coefficient (Wildman–Crippen LogP) is 2.85. The molecule has 0 spiro atoms. The average molecular weight is 232 g/mol. The van der Waals surface area contributed by atoms with Gasteiger partial charge in [0, 0.05) is 18.1 Å². The summed E-state index contributed by atoms with van der Waals surface area (Å²) in [5, 5.41) is 0. The van der Waals surface area contributed by atoms with Crippen molar-refractivity contribution in [3.63, 3.8) is 0 Å². The summed E-state index contributed by atoms with van der Waals surface area (Å²) in [6, 6.07) is 3.93. The standard InChI is InChI=1S/C13H16N2O2/c1-3-8(2)13-14-9-6-11-12(7-10(9)15-13)17-5-4-16-11/h6-8H,3-5H2,1-2H3,(H,14,15)/t8-/m1/s1. The molecule has 3 rings (SSSR count). The van der Waals surface area contributed by atoms with E-state index in [-0.39, 0.29) is 0 Å². The quantitative estimate of drug-likeness (QED) is 0.866. The Morgan fingerprint density at radius 3 is 2.71 bits per heavy atom. The van der Waals surface area contributed by atoms with E-state index < -0.39 is 0 Å². The summed E-state index contributed by atoms with van der Waals surface area (Å²) in [5.41, 5.74) is 1.97. The molecule has 0 amide bonds. The van der Waals surface area contributed by atoms with Crippen molar-refractivity contribution in [2.75, 3.05) is 13.2 Å². The van der Waals surface area contributed by atoms with E-state index in [9.17, 15) is 0 Å². The zero-order valence-corrected chi connectivity index (χ0v) is 10.1. The first-order valence-corrected chi connectivity index (χ1v) is 6.07. The molecule has 1 atom stereocenters. The lowest BCUT2D eigenvalue weighted by molar-refractivity contribution is 0.172. The second-order valence-corrected chi connectivity index (χ2v) is 4.44. The maximum absolute atomic E-state index is 5.55. The third-order valence-electron chi connectivity index (χ3n) is 3.24. The normalized spacial score (nSPS) is 16.1. The Labute approximate surface area is 100.0 Å². The Bertz CT molecular complexity index is 505. The van der Waals surface area contributed by atoms with E-state index in [0.717, 1.165) is 34.8 Å². The van der Waals surface area contributed by atoms with E-state index in [2.05, 4.69) is 23.8 Å². The number of ether oxygens (including phenoxy) is 2. The highest BCUT2D eigenvalue weighted by molar-refractivity contribution is 5.80. The van der Waals surface area contributed by atoms with Crippen LogP contribution in [0.25, 0.3) is 11.0 Å². The van der Waals surface area contributed by atoms with E-state index in [0.29, 0.717) is 19.1 Å². The van der Waals surface area contributed by atoms with Gasteiger partial charge in [0.1, 0.15) is 19.0 Å². The molecule has 4 heteroatoms. The fourth-order valence-electron chi connectivity index (χ4n) is 1.99. The van der Waals surface area contributed by atoms with Gasteiger partial charge in [-0.05, 0) is 6.42 Å². The van der Waals surface area contributed by atoms with Crippen LogP contribution in [-0.4, -0.2) is 23.2 Å². The monoisotopic (exact) mass is 232 g/mol. The lowest BCUT2D eigenvalue weighted by Gasteiger charge is -2.17. The molecule has 0 bridgehead atoms. The number of fused-ring (bicyclic) bond motifs is 2. The Morgan fingerprint density at radius 2 is 2.00 bits per heavy atom. The Balaban J connectivity index is 2.09. The van der Waals surface area contributed by atoms with Crippen molar-refractivity contribution in [3.8, 4) is 11.5 Å². The van der Waals surface area contributed by atoms with Gasteiger partial charge in [-0.15, -0.1) is 0 Å². The van der Waals surface area contributed by atoms with Crippen molar-refractivity contribution >= 4 is 11.0 Å². The highest BCUT2D eigenvalue weighted by Gasteiger charge is 2.16. The molecule has 0 unspecified atom stereocenters. The first-order chi connectivity index (χ1) is 8.28. The van der Waals surface area contributed by atoms with Crippen LogP contribution in [0.1, 0.15) is 32.0 Å². The first kappa shape index (κ1) is 10.4. The van der Waals surface area contributed by atoms with Gasteiger partial charge in [-0.3, -0.25) is 0 Å². The van der Waals surface area contributed by atoms with Gasteiger partial charge >= 0.3 is 0 Å². The van der Waals surface area contributed by atoms with E-state index >= 15 is 0 Å². The summed E-state index contributed by atoms with van der Waals surface area (Å²) in [5.74, 6) is 3.08. The molecule has 1 N–H and O–H groups in total. The Kier molecular flexibility index (Phi) is 2.42. The molecule has 90 valence electrons. The van der Waals surface area contributed by atoms with Crippen LogP contribution in [0.2, 0.25) is 0 Å². The first-order valence-electron chi connectivity index (χ1n) is 6.07. The van der Waals surface area contributed by atoms with E-state index in [1.807, 2.05) is 12.1 Å². The Hall–Kier alpha value is -1.71. The van der Waals surface area contributed by atoms with Crippen molar-refractivity contribution in [2.45, 2.75) is 26.2 Å². The number of nitrogens with zero attached hydrogens (tertiary/aromatic N) is 1. The molecule has 4 nitrogen and oxygen atoms in total. The molecule has 0 saturated carbocycles. The highest BCUT2D eigenvalue weighted by Crippen LogP contribution is 2.34. The fraction of sp³-hybridized carbons (Fsp3) is 0.462. The highest BCUT2D eigenvalue weighted by atomic mass is 16.6. The van der Waals surface area contributed by atoms with Crippen LogP contribution >= 0.6 is 0 Å². The smallest absolute Gasteiger partial charge is 0.163 e. The molecule has 2 heterocycles. The van der Waals surface area contributed by atoms with Gasteiger partial charge in [0.2, 0.25) is 0 Å². The van der Waals surface area contributed by atoms with Crippen molar-refractivity contribution < 1.29 is 9.47 Å². The van der Waals surface area contributed by atoms with E-state index in [1.54, 1.807) is 0 Å². The topological polar surface area (TPSA) is 47.1 Å². The third-order valence-corrected chi connectivity index (χ3v) is 3.24. The van der Waals surface area contributed by atoms with E-state index in [1.165, 1.54) is 0 Å². The molecule has 1 aromatic heterocycles. The number of imidazole rings is 1. The van der Waals surface area contributed by atoms with Crippen molar-refractivity contribution in [2.24, 2.45) is 0 Å². The van der Waals surface area contributed by atoms with Crippen LogP contribution in [0, 0.1) is 0 Å². The lowest BCUT2D eigenvalue weighted by atomic mass is 10.1. The maximum atomic E-state index is 5.55. The summed E-state index contributed by atoms with van der Waals surface area (Å²) in [4.78, 5) is 7.95. The van der Waals surface area contributed by atoms with Gasteiger partial charge in [0.25, 0.3) is 0 Å². The molecular weight excluding hydrogens is 216 g/mol. The number of hydrogen-bond acceptors (Lipinski definition) is 3. The molecular formula is C13H16N2O2. The van der Waals surface area contributed by atoms with Gasteiger partial charge in [-0.25, -0.2) is 4.98 Å². The fourth-order valence-corrected chi connectivity index (χ4v) is 1.99. The second-order valence-electron chi connectivity index (χ2n) is 4.44. The molecule has 1 aromatic carbocycles. The molecule has 2 aromatic rings. The summed E-state index contributed by atoms with van der Waals surface area (Å²) >= 11 is 0. The summed E-state index contributed by atoms with van der Waals surface area (Å²) in [7, 11) is 0. The van der Waals surface area contributed by atoms with Crippen LogP contribution in [0.5, 0.6) is 11.5 Å². The van der Waals surface area contributed by atoms with Crippen molar-refractivity contribution in [3.05, 3.63) is 18.0 Å². The van der Waals surface area contributed by atoms with Gasteiger partial charge < -0.3 is 14.5 Å². The van der Waals surface area contributed by atoms with Crippen LogP contribution in [0.4, 0.5) is 0 Å². The van der Waals surface area contributed by atoms with Crippen LogP contribution in [0.3, 0.4) is 0 Å². The van der Waals surface area contributed by atoms with Crippen molar-refractivity contribution in [1.29, 1.82) is 0 Å². The van der Waals surface area contributed by atoms with Gasteiger partial charge in [-0.1, -0.05) is 13.8 Å². The van der Waals surface area contributed by atoms with Crippen LogP contribution in [-0.2, 0) is 0 Å². The number of H-pyrrole nitrogens is 1. The molecule has 1 aliphatic heterocycles. The largest absolute Gasteiger partial charge is 0.486 e. The lowest BCUT2D eigenvalue weighted by Crippen LogP contribution is -2.15. The molecule has 0 fully saturated rings. The zero-order chi connectivity index (χ0) is 11.8. The second kappa shape index (κ2) is 3.95. The van der Waals surface area contributed by atoms with Gasteiger partial charge in [0.15, 0.2) is 11.5 Å². The molecule has 1 aliphatic rings. The molecule has 17 heavy (non-hydrogen) atoms. The minimum atomic E-state index is 0.446. The molecule has 0 radical (unpaired) electrons. The number of nitrogens with one attached hydrogen (secondary N) is 1. The van der Waals surface area contributed by atoms with Crippen LogP contribution in [0.15, 0.2) is 12.1 Å². The SMILES string of the molecule is CC[C@@H](C)c1nc2cc3c(cc2[nH]1)OCCO3. The Morgan fingerprint density at radius 1 is 1.29 bits per heavy atom. The van der Waals surface area contributed by atoms with Crippen LogP contribution < -0.4 is 9.47 Å². The minimum absolute atomic E-state index is 0.446. The van der Waals surface area contributed by atoms with E-state index in [4.69, 9.17) is 9.47 Å². The number of hydrogen-bond donors (Lipinski definition) is 1. The number of aromatic amines is 1. The molecule has 0 saturated heterocycles.